The van der Waals surface area contributed by atoms with E-state index in [2.05, 4.69) is 9.80 Å². The Labute approximate surface area is 143 Å². The highest BCUT2D eigenvalue weighted by Crippen LogP contribution is 2.22. The Kier molecular flexibility index (Phi) is 5.79. The van der Waals surface area contributed by atoms with Crippen molar-refractivity contribution in [3.05, 3.63) is 29.3 Å². The molecule has 2 aliphatic heterocycles. The number of hydrogen-bond donors (Lipinski definition) is 0. The van der Waals surface area contributed by atoms with Gasteiger partial charge in [0.1, 0.15) is 12.4 Å². The quantitative estimate of drug-likeness (QED) is 0.828. The second-order valence-electron chi connectivity index (χ2n) is 6.45. The van der Waals surface area contributed by atoms with Gasteiger partial charge in [-0.25, -0.2) is 0 Å². The van der Waals surface area contributed by atoms with Gasteiger partial charge in [-0.05, 0) is 57.0 Å². The van der Waals surface area contributed by atoms with Crippen LogP contribution in [0.1, 0.15) is 25.7 Å². The third-order valence-corrected chi connectivity index (χ3v) is 5.06. The summed E-state index contributed by atoms with van der Waals surface area (Å²) in [6.07, 6.45) is 4.30. The number of likely N-dealkylation sites (tertiary alicyclic amines) is 2. The SMILES string of the molecule is O=C(C1CCN(CCOc2cccc(Cl)c2)CC1)N1CCCC1. The number of ether oxygens (including phenoxy) is 1. The standard InChI is InChI=1S/C18H25ClN2O2/c19-16-4-3-5-17(14-16)23-13-12-20-10-6-15(7-11-20)18(22)21-8-1-2-9-21/h3-5,14-15H,1-2,6-13H2. The summed E-state index contributed by atoms with van der Waals surface area (Å²) in [7, 11) is 0. The second kappa shape index (κ2) is 8.02. The molecule has 126 valence electrons. The van der Waals surface area contributed by atoms with Gasteiger partial charge in [0.25, 0.3) is 0 Å². The van der Waals surface area contributed by atoms with Crippen molar-refractivity contribution in [2.75, 3.05) is 39.3 Å². The lowest BCUT2D eigenvalue weighted by atomic mass is 9.95. The van der Waals surface area contributed by atoms with E-state index in [0.717, 1.165) is 51.3 Å². The molecule has 1 aromatic rings. The molecule has 0 unspecified atom stereocenters. The van der Waals surface area contributed by atoms with Crippen LogP contribution in [0.25, 0.3) is 0 Å². The van der Waals surface area contributed by atoms with E-state index in [-0.39, 0.29) is 5.92 Å². The number of halogens is 1. The van der Waals surface area contributed by atoms with Gasteiger partial charge in [0.05, 0.1) is 0 Å². The van der Waals surface area contributed by atoms with Crippen LogP contribution in [0, 0.1) is 5.92 Å². The minimum Gasteiger partial charge on any atom is -0.492 e. The molecule has 23 heavy (non-hydrogen) atoms. The van der Waals surface area contributed by atoms with Crippen LogP contribution in [0.15, 0.2) is 24.3 Å². The smallest absolute Gasteiger partial charge is 0.225 e. The van der Waals surface area contributed by atoms with Crippen LogP contribution < -0.4 is 4.74 Å². The zero-order valence-corrected chi connectivity index (χ0v) is 14.3. The Morgan fingerprint density at radius 1 is 1.17 bits per heavy atom. The molecule has 2 aliphatic rings. The maximum Gasteiger partial charge on any atom is 0.225 e. The predicted molar refractivity (Wildman–Crippen MR) is 91.9 cm³/mol. The highest BCUT2D eigenvalue weighted by atomic mass is 35.5. The zero-order valence-electron chi connectivity index (χ0n) is 13.5. The number of hydrogen-bond acceptors (Lipinski definition) is 3. The predicted octanol–water partition coefficient (Wildman–Crippen LogP) is 3.05. The Hall–Kier alpha value is -1.26. The van der Waals surface area contributed by atoms with Crippen LogP contribution in [0.2, 0.25) is 5.02 Å². The van der Waals surface area contributed by atoms with Gasteiger partial charge in [-0.1, -0.05) is 17.7 Å². The van der Waals surface area contributed by atoms with E-state index in [1.54, 1.807) is 0 Å². The van der Waals surface area contributed by atoms with Crippen LogP contribution >= 0.6 is 11.6 Å². The molecular weight excluding hydrogens is 312 g/mol. The van der Waals surface area contributed by atoms with Crippen molar-refractivity contribution in [1.82, 2.24) is 9.80 Å². The van der Waals surface area contributed by atoms with Crippen molar-refractivity contribution in [2.45, 2.75) is 25.7 Å². The summed E-state index contributed by atoms with van der Waals surface area (Å²) in [5.74, 6) is 1.44. The summed E-state index contributed by atoms with van der Waals surface area (Å²) >= 11 is 5.95. The van der Waals surface area contributed by atoms with Gasteiger partial charge >= 0.3 is 0 Å². The van der Waals surface area contributed by atoms with Gasteiger partial charge in [0, 0.05) is 30.6 Å². The van der Waals surface area contributed by atoms with Crippen LogP contribution in [0.4, 0.5) is 0 Å². The van der Waals surface area contributed by atoms with E-state index >= 15 is 0 Å². The monoisotopic (exact) mass is 336 g/mol. The van der Waals surface area contributed by atoms with Crippen molar-refractivity contribution in [1.29, 1.82) is 0 Å². The van der Waals surface area contributed by atoms with E-state index in [1.807, 2.05) is 24.3 Å². The largest absolute Gasteiger partial charge is 0.492 e. The molecule has 5 heteroatoms. The number of amides is 1. The normalized spacial score (nSPS) is 20.0. The molecule has 0 bridgehead atoms. The van der Waals surface area contributed by atoms with Crippen molar-refractivity contribution in [3.63, 3.8) is 0 Å². The fourth-order valence-electron chi connectivity index (χ4n) is 3.45. The first-order valence-corrected chi connectivity index (χ1v) is 9.00. The van der Waals surface area contributed by atoms with Gasteiger partial charge in [-0.3, -0.25) is 9.69 Å². The number of rotatable bonds is 5. The van der Waals surface area contributed by atoms with Crippen LogP contribution in [-0.4, -0.2) is 55.0 Å². The van der Waals surface area contributed by atoms with E-state index in [0.29, 0.717) is 17.5 Å². The topological polar surface area (TPSA) is 32.8 Å². The highest BCUT2D eigenvalue weighted by molar-refractivity contribution is 6.30. The van der Waals surface area contributed by atoms with Gasteiger partial charge in [-0.2, -0.15) is 0 Å². The number of benzene rings is 1. The molecule has 0 N–H and O–H groups in total. The van der Waals surface area contributed by atoms with Crippen LogP contribution in [-0.2, 0) is 4.79 Å². The molecule has 2 heterocycles. The Bertz CT molecular complexity index is 524. The summed E-state index contributed by atoms with van der Waals surface area (Å²) in [6, 6.07) is 7.50. The molecular formula is C18H25ClN2O2. The van der Waals surface area contributed by atoms with Crippen molar-refractivity contribution in [3.8, 4) is 5.75 Å². The third kappa shape index (κ3) is 4.61. The lowest BCUT2D eigenvalue weighted by Crippen LogP contribution is -2.42. The molecule has 2 saturated heterocycles. The minimum absolute atomic E-state index is 0.234. The fourth-order valence-corrected chi connectivity index (χ4v) is 3.63. The molecule has 0 atom stereocenters. The molecule has 3 rings (SSSR count). The van der Waals surface area contributed by atoms with Crippen molar-refractivity contribution >= 4 is 17.5 Å². The number of piperidine rings is 1. The summed E-state index contributed by atoms with van der Waals surface area (Å²) < 4.78 is 5.74. The second-order valence-corrected chi connectivity index (χ2v) is 6.89. The molecule has 2 fully saturated rings. The van der Waals surface area contributed by atoms with E-state index in [9.17, 15) is 4.79 Å². The third-order valence-electron chi connectivity index (χ3n) is 4.83. The first-order valence-electron chi connectivity index (χ1n) is 8.62. The van der Waals surface area contributed by atoms with Gasteiger partial charge < -0.3 is 9.64 Å². The Morgan fingerprint density at radius 2 is 1.91 bits per heavy atom. The minimum atomic E-state index is 0.234. The lowest BCUT2D eigenvalue weighted by molar-refractivity contribution is -0.136. The molecule has 0 aromatic heterocycles. The molecule has 0 radical (unpaired) electrons. The summed E-state index contributed by atoms with van der Waals surface area (Å²) in [5, 5.41) is 0.698. The van der Waals surface area contributed by atoms with E-state index in [1.165, 1.54) is 12.8 Å². The Balaban J connectivity index is 1.36. The van der Waals surface area contributed by atoms with Crippen LogP contribution in [0.3, 0.4) is 0 Å². The summed E-state index contributed by atoms with van der Waals surface area (Å²) in [6.45, 7) is 5.47. The zero-order chi connectivity index (χ0) is 16.1. The first kappa shape index (κ1) is 16.6. The molecule has 0 aliphatic carbocycles. The number of carbonyl (C=O) groups excluding carboxylic acids is 1. The van der Waals surface area contributed by atoms with Gasteiger partial charge in [0.2, 0.25) is 5.91 Å². The summed E-state index contributed by atoms with van der Waals surface area (Å²) in [4.78, 5) is 16.9. The average Bonchev–Trinajstić information content (AvgIpc) is 3.09. The van der Waals surface area contributed by atoms with E-state index in [4.69, 9.17) is 16.3 Å². The maximum atomic E-state index is 12.4. The molecule has 1 amide bonds. The molecule has 0 spiro atoms. The average molecular weight is 337 g/mol. The maximum absolute atomic E-state index is 12.4. The molecule has 1 aromatic carbocycles. The van der Waals surface area contributed by atoms with Gasteiger partial charge in [0.15, 0.2) is 0 Å². The van der Waals surface area contributed by atoms with Crippen LogP contribution in [0.5, 0.6) is 5.75 Å². The molecule has 4 nitrogen and oxygen atoms in total. The summed E-state index contributed by atoms with van der Waals surface area (Å²) in [5.41, 5.74) is 0. The molecule has 0 saturated carbocycles. The van der Waals surface area contributed by atoms with Crippen molar-refractivity contribution < 1.29 is 9.53 Å². The Morgan fingerprint density at radius 3 is 2.61 bits per heavy atom. The van der Waals surface area contributed by atoms with Crippen molar-refractivity contribution in [2.24, 2.45) is 5.92 Å². The number of carbonyl (C=O) groups is 1. The first-order chi connectivity index (χ1) is 11.2. The number of nitrogens with zero attached hydrogens (tertiary/aromatic N) is 2. The lowest BCUT2D eigenvalue weighted by Gasteiger charge is -2.33. The van der Waals surface area contributed by atoms with E-state index < -0.39 is 0 Å². The highest BCUT2D eigenvalue weighted by Gasteiger charge is 2.29. The fraction of sp³-hybridized carbons (Fsp3) is 0.611. The van der Waals surface area contributed by atoms with Gasteiger partial charge in [-0.15, -0.1) is 0 Å².